The Hall–Kier alpha value is -2.46. The summed E-state index contributed by atoms with van der Waals surface area (Å²) in [7, 11) is 0. The van der Waals surface area contributed by atoms with Gasteiger partial charge in [0.25, 0.3) is 0 Å². The number of phenolic OH excluding ortho intramolecular Hbond substituents is 1. The molecule has 1 amide bonds. The number of nitrogens with zero attached hydrogens (tertiary/aromatic N) is 3. The summed E-state index contributed by atoms with van der Waals surface area (Å²) < 4.78 is 0.408. The lowest BCUT2D eigenvalue weighted by atomic mass is 10.2. The van der Waals surface area contributed by atoms with Crippen molar-refractivity contribution in [3.63, 3.8) is 0 Å². The molecule has 2 rings (SSSR count). The van der Waals surface area contributed by atoms with Crippen LogP contribution in [0.1, 0.15) is 5.56 Å². The first-order valence-electron chi connectivity index (χ1n) is 6.50. The van der Waals surface area contributed by atoms with Gasteiger partial charge in [-0.15, -0.1) is 0 Å². The van der Waals surface area contributed by atoms with Crippen LogP contribution in [-0.4, -0.2) is 32.9 Å². The third kappa shape index (κ3) is 5.03. The first kappa shape index (κ1) is 17.9. The minimum Gasteiger partial charge on any atom is -0.502 e. The topological polar surface area (TPSA) is 118 Å². The second kappa shape index (κ2) is 8.41. The molecule has 0 saturated heterocycles. The van der Waals surface area contributed by atoms with Gasteiger partial charge in [0.05, 0.1) is 21.9 Å². The van der Waals surface area contributed by atoms with Crippen molar-refractivity contribution in [1.29, 1.82) is 0 Å². The Kier molecular flexibility index (Phi) is 6.27. The Morgan fingerprint density at radius 1 is 1.50 bits per heavy atom. The van der Waals surface area contributed by atoms with Crippen molar-refractivity contribution in [2.24, 2.45) is 5.10 Å². The van der Waals surface area contributed by atoms with E-state index in [1.165, 1.54) is 23.9 Å². The van der Waals surface area contributed by atoms with E-state index < -0.39 is 16.4 Å². The molecule has 1 aromatic heterocycles. The van der Waals surface area contributed by atoms with Gasteiger partial charge in [-0.3, -0.25) is 14.9 Å². The van der Waals surface area contributed by atoms with Gasteiger partial charge in [0.1, 0.15) is 0 Å². The minimum absolute atomic E-state index is 0.105. The Morgan fingerprint density at radius 3 is 2.96 bits per heavy atom. The number of nitro groups is 1. The molecule has 0 fully saturated rings. The Bertz CT molecular complexity index is 786. The summed E-state index contributed by atoms with van der Waals surface area (Å²) in [5.74, 6) is -0.783. The van der Waals surface area contributed by atoms with Crippen molar-refractivity contribution in [2.45, 2.75) is 5.03 Å². The summed E-state index contributed by atoms with van der Waals surface area (Å²) in [6, 6.07) is 7.99. The molecule has 10 heteroatoms. The maximum atomic E-state index is 11.7. The summed E-state index contributed by atoms with van der Waals surface area (Å²) in [5.41, 5.74) is 1.93. The van der Waals surface area contributed by atoms with Crippen LogP contribution in [0.4, 0.5) is 5.69 Å². The summed E-state index contributed by atoms with van der Waals surface area (Å²) in [6.45, 7) is 0. The van der Waals surface area contributed by atoms with Gasteiger partial charge in [0.2, 0.25) is 11.7 Å². The van der Waals surface area contributed by atoms with Crippen molar-refractivity contribution in [3.8, 4) is 5.75 Å². The van der Waals surface area contributed by atoms with Crippen molar-refractivity contribution in [3.05, 3.63) is 56.7 Å². The van der Waals surface area contributed by atoms with Gasteiger partial charge in [-0.1, -0.05) is 33.8 Å². The molecule has 2 N–H and O–H groups in total. The lowest BCUT2D eigenvalue weighted by Gasteiger charge is -2.02. The van der Waals surface area contributed by atoms with E-state index in [1.807, 2.05) is 6.07 Å². The fourth-order valence-electron chi connectivity index (χ4n) is 1.62. The van der Waals surface area contributed by atoms with Gasteiger partial charge in [0, 0.05) is 22.3 Å². The number of aromatic hydroxyl groups is 1. The minimum atomic E-state index is -0.709. The monoisotopic (exact) mass is 410 g/mol. The summed E-state index contributed by atoms with van der Waals surface area (Å²) in [5, 5.41) is 25.1. The quantitative estimate of drug-likeness (QED) is 0.327. The standard InChI is InChI=1S/C14H11BrN4O4S/c15-10-5-9(14(21)11(6-10)19(22)23)7-17-18-12(20)8-24-13-3-1-2-4-16-13/h1-7,21H,8H2,(H,18,20)/b17-7+. The van der Waals surface area contributed by atoms with Gasteiger partial charge in [-0.25, -0.2) is 10.4 Å². The molecular formula is C14H11BrN4O4S. The summed E-state index contributed by atoms with van der Waals surface area (Å²) >= 11 is 4.36. The van der Waals surface area contributed by atoms with Crippen LogP contribution in [0.25, 0.3) is 0 Å². The molecule has 124 valence electrons. The zero-order valence-electron chi connectivity index (χ0n) is 12.0. The lowest BCUT2D eigenvalue weighted by Crippen LogP contribution is -2.19. The maximum absolute atomic E-state index is 11.7. The number of halogens is 1. The molecule has 0 aliphatic carbocycles. The van der Waals surface area contributed by atoms with E-state index in [2.05, 4.69) is 31.4 Å². The second-order valence-electron chi connectivity index (χ2n) is 4.37. The number of thioether (sulfide) groups is 1. The zero-order chi connectivity index (χ0) is 17.5. The van der Waals surface area contributed by atoms with Gasteiger partial charge in [-0.2, -0.15) is 5.10 Å². The first-order valence-corrected chi connectivity index (χ1v) is 8.28. The number of hydrazone groups is 1. The third-order valence-corrected chi connectivity index (χ3v) is 4.06. The third-order valence-electron chi connectivity index (χ3n) is 2.66. The predicted octanol–water partition coefficient (Wildman–Crippen LogP) is 2.70. The summed E-state index contributed by atoms with van der Waals surface area (Å²) in [6.07, 6.45) is 2.76. The SMILES string of the molecule is O=C(CSc1ccccn1)N/N=C/c1cc(Br)cc([N+](=O)[O-])c1O. The molecule has 0 spiro atoms. The highest BCUT2D eigenvalue weighted by Gasteiger charge is 2.17. The summed E-state index contributed by atoms with van der Waals surface area (Å²) in [4.78, 5) is 25.9. The van der Waals surface area contributed by atoms with Crippen molar-refractivity contribution in [1.82, 2.24) is 10.4 Å². The van der Waals surface area contributed by atoms with Gasteiger partial charge >= 0.3 is 5.69 Å². The van der Waals surface area contributed by atoms with Crippen LogP contribution in [0.2, 0.25) is 0 Å². The molecule has 0 atom stereocenters. The average Bonchev–Trinajstić information content (AvgIpc) is 2.56. The number of nitrogens with one attached hydrogen (secondary N) is 1. The van der Waals surface area contributed by atoms with Crippen LogP contribution in [0, 0.1) is 10.1 Å². The Labute approximate surface area is 149 Å². The smallest absolute Gasteiger partial charge is 0.312 e. The molecule has 0 unspecified atom stereocenters. The second-order valence-corrected chi connectivity index (χ2v) is 6.28. The van der Waals surface area contributed by atoms with Crippen LogP contribution in [-0.2, 0) is 4.79 Å². The maximum Gasteiger partial charge on any atom is 0.312 e. The van der Waals surface area contributed by atoms with E-state index in [4.69, 9.17) is 0 Å². The van der Waals surface area contributed by atoms with E-state index in [0.717, 1.165) is 6.21 Å². The lowest BCUT2D eigenvalue weighted by molar-refractivity contribution is -0.385. The van der Waals surface area contributed by atoms with Gasteiger partial charge < -0.3 is 5.11 Å². The number of amides is 1. The van der Waals surface area contributed by atoms with Crippen LogP contribution in [0.5, 0.6) is 5.75 Å². The molecule has 0 bridgehead atoms. The fourth-order valence-corrected chi connectivity index (χ4v) is 2.74. The molecule has 1 heterocycles. The average molecular weight is 411 g/mol. The predicted molar refractivity (Wildman–Crippen MR) is 93.2 cm³/mol. The number of rotatable bonds is 6. The zero-order valence-corrected chi connectivity index (χ0v) is 14.5. The molecule has 2 aromatic rings. The first-order chi connectivity index (χ1) is 11.5. The number of phenols is 1. The number of carbonyl (C=O) groups excluding carboxylic acids is 1. The van der Waals surface area contributed by atoms with Crippen LogP contribution < -0.4 is 5.43 Å². The number of benzene rings is 1. The van der Waals surface area contributed by atoms with Crippen molar-refractivity contribution in [2.75, 3.05) is 5.75 Å². The van der Waals surface area contributed by atoms with E-state index in [0.29, 0.717) is 9.50 Å². The van der Waals surface area contributed by atoms with Crippen LogP contribution >= 0.6 is 27.7 Å². The van der Waals surface area contributed by atoms with Gasteiger partial charge in [-0.05, 0) is 18.2 Å². The number of pyridine rings is 1. The molecule has 0 aliphatic rings. The molecule has 8 nitrogen and oxygen atoms in total. The largest absolute Gasteiger partial charge is 0.502 e. The van der Waals surface area contributed by atoms with Crippen LogP contribution in [0.15, 0.2) is 51.1 Å². The number of hydrogen-bond donors (Lipinski definition) is 2. The van der Waals surface area contributed by atoms with Crippen molar-refractivity contribution >= 4 is 45.5 Å². The highest BCUT2D eigenvalue weighted by Crippen LogP contribution is 2.32. The molecule has 0 radical (unpaired) electrons. The normalized spacial score (nSPS) is 10.7. The number of carbonyl (C=O) groups is 1. The highest BCUT2D eigenvalue weighted by molar-refractivity contribution is 9.10. The Morgan fingerprint density at radius 2 is 2.29 bits per heavy atom. The van der Waals surface area contributed by atoms with E-state index >= 15 is 0 Å². The van der Waals surface area contributed by atoms with Gasteiger partial charge in [0.15, 0.2) is 0 Å². The highest BCUT2D eigenvalue weighted by atomic mass is 79.9. The molecule has 0 aliphatic heterocycles. The number of nitro benzene ring substituents is 1. The van der Waals surface area contributed by atoms with Crippen LogP contribution in [0.3, 0.4) is 0 Å². The van der Waals surface area contributed by atoms with Crippen molar-refractivity contribution < 1.29 is 14.8 Å². The molecule has 1 aromatic carbocycles. The Balaban J connectivity index is 1.96. The number of hydrogen-bond acceptors (Lipinski definition) is 7. The molecule has 0 saturated carbocycles. The van der Waals surface area contributed by atoms with E-state index in [1.54, 1.807) is 18.3 Å². The molecular weight excluding hydrogens is 400 g/mol. The molecule has 24 heavy (non-hydrogen) atoms. The van der Waals surface area contributed by atoms with E-state index in [-0.39, 0.29) is 17.2 Å². The van der Waals surface area contributed by atoms with E-state index in [9.17, 15) is 20.0 Å². The fraction of sp³-hybridized carbons (Fsp3) is 0.0714. The number of aromatic nitrogens is 1.